The van der Waals surface area contributed by atoms with Crippen molar-refractivity contribution in [1.82, 2.24) is 21.3 Å². The van der Waals surface area contributed by atoms with Crippen molar-refractivity contribution in [2.24, 2.45) is 0 Å². The topological polar surface area (TPSA) is 332 Å². The van der Waals surface area contributed by atoms with Crippen molar-refractivity contribution in [3.05, 3.63) is 72.9 Å². The molecular weight excluding hydrogens is 1090 g/mol. The molecule has 0 aromatic heterocycles. The molecule has 0 radical (unpaired) electrons. The molecule has 0 saturated carbocycles. The fourth-order valence-electron chi connectivity index (χ4n) is 5.71. The summed E-state index contributed by atoms with van der Waals surface area (Å²) < 4.78 is 86.1. The summed E-state index contributed by atoms with van der Waals surface area (Å²) in [5.41, 5.74) is 1.04. The first-order valence-corrected chi connectivity index (χ1v) is 25.8. The van der Waals surface area contributed by atoms with Crippen molar-refractivity contribution < 1.29 is 114 Å². The second-order valence-electron chi connectivity index (χ2n) is 16.7. The molecule has 0 aliphatic carbocycles. The highest BCUT2D eigenvalue weighted by molar-refractivity contribution is 6.05. The summed E-state index contributed by atoms with van der Waals surface area (Å²) in [4.78, 5) is 99.2. The zero-order chi connectivity index (χ0) is 60.3. The maximum Gasteiger partial charge on any atom is 0.412 e. The minimum Gasteiger partial charge on any atom is -0.460 e. The molecule has 0 bridgehead atoms. The molecule has 2 aromatic carbocycles. The van der Waals surface area contributed by atoms with Gasteiger partial charge in [0.25, 0.3) is 0 Å². The van der Waals surface area contributed by atoms with E-state index in [1.165, 1.54) is 52.0 Å². The van der Waals surface area contributed by atoms with Gasteiger partial charge in [0.05, 0.1) is 116 Å². The second kappa shape index (κ2) is 43.1. The smallest absolute Gasteiger partial charge is 0.412 e. The molecule has 82 heavy (non-hydrogen) atoms. The number of carbonyl (C=O) groups excluding carboxylic acids is 8. The molecule has 0 aliphatic heterocycles. The summed E-state index contributed by atoms with van der Waals surface area (Å²) in [5, 5.41) is 9.82. The molecule has 28 heteroatoms. The monoisotopic (exact) mass is 1160 g/mol. The summed E-state index contributed by atoms with van der Waals surface area (Å²) in [6.45, 7) is 21.9. The molecule has 0 saturated heterocycles. The third kappa shape index (κ3) is 32.5. The van der Waals surface area contributed by atoms with Crippen molar-refractivity contribution in [2.45, 2.75) is 27.7 Å². The maximum atomic E-state index is 13.3. The number of hydrogen-bond acceptors (Lipinski definition) is 24. The van der Waals surface area contributed by atoms with Crippen LogP contribution in [-0.2, 0) is 76.0 Å². The van der Waals surface area contributed by atoms with Crippen molar-refractivity contribution >= 4 is 59.0 Å². The lowest BCUT2D eigenvalue weighted by Gasteiger charge is -2.18. The number of amides is 4. The number of benzene rings is 2. The van der Waals surface area contributed by atoms with Crippen LogP contribution >= 0.6 is 0 Å². The Morgan fingerprint density at radius 2 is 0.463 bits per heavy atom. The van der Waals surface area contributed by atoms with Gasteiger partial charge in [0.2, 0.25) is 0 Å². The second-order valence-corrected chi connectivity index (χ2v) is 16.7. The van der Waals surface area contributed by atoms with E-state index < -0.39 is 48.3 Å². The van der Waals surface area contributed by atoms with Crippen LogP contribution in [0.5, 0.6) is 23.0 Å². The first kappa shape index (κ1) is 70.4. The molecule has 2 aromatic rings. The predicted octanol–water partition coefficient (Wildman–Crippen LogP) is 3.80. The van der Waals surface area contributed by atoms with E-state index in [0.29, 0.717) is 0 Å². The Bertz CT molecular complexity index is 2090. The summed E-state index contributed by atoms with van der Waals surface area (Å²) in [5.74, 6) is -3.13. The number of carbonyl (C=O) groups is 8. The van der Waals surface area contributed by atoms with E-state index in [2.05, 4.69) is 47.6 Å². The van der Waals surface area contributed by atoms with Crippen LogP contribution in [0.3, 0.4) is 0 Å². The van der Waals surface area contributed by atoms with E-state index in [9.17, 15) is 38.4 Å². The van der Waals surface area contributed by atoms with Crippen LogP contribution in [0, 0.1) is 0 Å². The molecule has 456 valence electrons. The van der Waals surface area contributed by atoms with Gasteiger partial charge < -0.3 is 97.1 Å². The maximum absolute atomic E-state index is 13.3. The van der Waals surface area contributed by atoms with E-state index in [-0.39, 0.29) is 214 Å². The van der Waals surface area contributed by atoms with Crippen LogP contribution < -0.4 is 40.2 Å². The van der Waals surface area contributed by atoms with Crippen molar-refractivity contribution in [2.75, 3.05) is 158 Å². The quantitative estimate of drug-likeness (QED) is 0.0317. The molecule has 0 aliphatic rings. The van der Waals surface area contributed by atoms with Crippen LogP contribution in [0.4, 0.5) is 19.2 Å². The summed E-state index contributed by atoms with van der Waals surface area (Å²) >= 11 is 0. The molecule has 4 amide bonds. The lowest BCUT2D eigenvalue weighted by Crippen LogP contribution is -2.32. The Balaban J connectivity index is 2.25. The largest absolute Gasteiger partial charge is 0.460 e. The van der Waals surface area contributed by atoms with E-state index >= 15 is 0 Å². The Kier molecular flexibility index (Phi) is 37.0. The zero-order valence-corrected chi connectivity index (χ0v) is 46.9. The van der Waals surface area contributed by atoms with Crippen molar-refractivity contribution in [1.29, 1.82) is 0 Å². The molecular formula is C54H76N4O24. The van der Waals surface area contributed by atoms with Gasteiger partial charge in [-0.2, -0.15) is 0 Å². The Morgan fingerprint density at radius 3 is 0.646 bits per heavy atom. The van der Waals surface area contributed by atoms with E-state index in [1.54, 1.807) is 0 Å². The van der Waals surface area contributed by atoms with Gasteiger partial charge in [0.1, 0.15) is 49.4 Å². The van der Waals surface area contributed by atoms with Crippen LogP contribution in [0.1, 0.15) is 27.7 Å². The van der Waals surface area contributed by atoms with Gasteiger partial charge >= 0.3 is 48.3 Å². The first-order chi connectivity index (χ1) is 39.4. The number of nitrogens with one attached hydrogen (secondary N) is 4. The Morgan fingerprint density at radius 1 is 0.293 bits per heavy atom. The van der Waals surface area contributed by atoms with Gasteiger partial charge in [-0.3, -0.25) is 0 Å². The highest BCUT2D eigenvalue weighted by Crippen LogP contribution is 2.45. The van der Waals surface area contributed by atoms with Crippen molar-refractivity contribution in [3.63, 3.8) is 0 Å². The number of hydrogen-bond donors (Lipinski definition) is 4. The summed E-state index contributed by atoms with van der Waals surface area (Å²) in [7, 11) is 0. The standard InChI is InChI=1S/C54H76N4O24/c1-37(2)47(59)75-33-29-71-25-21-67-17-13-55-51(63)79-41-9-10-43(81-53(65)57-15-19-69-23-27-73-31-35-77-49(61)39(5)6)46-44(82-54(66)58-16-20-70-24-28-74-32-36-78-50(62)40(7)8)12-11-42(45(41)46)80-52(64)56-14-18-68-22-26-72-30-34-76-48(60)38(3)4/h9-12H,1,3,5,7,13-36H2,2,4,6,8H3,(H,55,63)(H,56,64)(H,57,65)(H,58,66). The Labute approximate surface area is 475 Å². The SMILES string of the molecule is C=C(C)C(=O)OCCOCCOCCNC(=O)Oc1ccc(OC(=O)NCCOCCOCCOC(=O)C(=C)C)c2c(OC(=O)NCCOCCOCCOC(=O)C(=C)C)ccc(OC(=O)NCCOCCOCCOC(=O)C(=C)C)c12. The minimum atomic E-state index is -0.992. The normalized spacial score (nSPS) is 10.6. The zero-order valence-electron chi connectivity index (χ0n) is 46.9. The summed E-state index contributed by atoms with van der Waals surface area (Å²) in [6, 6.07) is 5.00. The molecule has 28 nitrogen and oxygen atoms in total. The van der Waals surface area contributed by atoms with Crippen LogP contribution in [0.15, 0.2) is 72.9 Å². The number of esters is 4. The molecule has 0 atom stereocenters. The molecule has 0 unspecified atom stereocenters. The van der Waals surface area contributed by atoms with Crippen molar-refractivity contribution in [3.8, 4) is 23.0 Å². The molecule has 0 spiro atoms. The van der Waals surface area contributed by atoms with Crippen LogP contribution in [0.25, 0.3) is 10.8 Å². The fraction of sp³-hybridized carbons (Fsp3) is 0.519. The number of rotatable bonds is 44. The van der Waals surface area contributed by atoms with Gasteiger partial charge in [-0.25, -0.2) is 38.4 Å². The highest BCUT2D eigenvalue weighted by atomic mass is 16.6. The lowest BCUT2D eigenvalue weighted by molar-refractivity contribution is -0.141. The molecule has 2 rings (SSSR count). The van der Waals surface area contributed by atoms with Gasteiger partial charge in [-0.1, -0.05) is 26.3 Å². The third-order valence-corrected chi connectivity index (χ3v) is 9.61. The first-order valence-electron chi connectivity index (χ1n) is 25.8. The van der Waals surface area contributed by atoms with E-state index in [1.807, 2.05) is 0 Å². The van der Waals surface area contributed by atoms with Gasteiger partial charge in [0, 0.05) is 48.5 Å². The molecule has 0 heterocycles. The van der Waals surface area contributed by atoms with E-state index in [0.717, 1.165) is 0 Å². The molecule has 0 fully saturated rings. The predicted molar refractivity (Wildman–Crippen MR) is 290 cm³/mol. The van der Waals surface area contributed by atoms with E-state index in [4.69, 9.17) is 75.8 Å². The van der Waals surface area contributed by atoms with Gasteiger partial charge in [-0.15, -0.1) is 0 Å². The average Bonchev–Trinajstić information content (AvgIpc) is 3.52. The molecule has 4 N–H and O–H groups in total. The lowest BCUT2D eigenvalue weighted by atomic mass is 10.1. The van der Waals surface area contributed by atoms with Crippen LogP contribution in [-0.4, -0.2) is 207 Å². The summed E-state index contributed by atoms with van der Waals surface area (Å²) in [6.07, 6.45) is -3.97. The minimum absolute atomic E-state index is 0.0261. The highest BCUT2D eigenvalue weighted by Gasteiger charge is 2.24. The fourth-order valence-corrected chi connectivity index (χ4v) is 5.71. The number of ether oxygens (including phenoxy) is 16. The number of fused-ring (bicyclic) bond motifs is 1. The average molecular weight is 1170 g/mol. The third-order valence-electron chi connectivity index (χ3n) is 9.61. The van der Waals surface area contributed by atoms with Gasteiger partial charge in [-0.05, 0) is 52.0 Å². The van der Waals surface area contributed by atoms with Gasteiger partial charge in [0.15, 0.2) is 0 Å². The Hall–Kier alpha value is -7.70. The van der Waals surface area contributed by atoms with Crippen LogP contribution in [0.2, 0.25) is 0 Å².